The van der Waals surface area contributed by atoms with Gasteiger partial charge >= 0.3 is 0 Å². The lowest BCUT2D eigenvalue weighted by molar-refractivity contribution is -0.136. The lowest BCUT2D eigenvalue weighted by Gasteiger charge is -2.14. The van der Waals surface area contributed by atoms with Crippen molar-refractivity contribution in [2.75, 3.05) is 19.4 Å². The Balaban J connectivity index is 2.55. The minimum absolute atomic E-state index is 0.186. The van der Waals surface area contributed by atoms with Crippen LogP contribution in [0.25, 0.3) is 5.57 Å². The van der Waals surface area contributed by atoms with Gasteiger partial charge in [0.2, 0.25) is 0 Å². The Kier molecular flexibility index (Phi) is 5.07. The summed E-state index contributed by atoms with van der Waals surface area (Å²) in [6.45, 7) is 4.37. The van der Waals surface area contributed by atoms with E-state index in [-0.39, 0.29) is 11.8 Å². The van der Waals surface area contributed by atoms with Crippen molar-refractivity contribution in [3.63, 3.8) is 0 Å². The third-order valence-electron chi connectivity index (χ3n) is 3.24. The number of hydrogen-bond acceptors (Lipinski definition) is 4. The van der Waals surface area contributed by atoms with Gasteiger partial charge in [-0.3, -0.25) is 14.5 Å². The Hall–Kier alpha value is -1.75. The fourth-order valence-electron chi connectivity index (χ4n) is 2.35. The van der Waals surface area contributed by atoms with E-state index < -0.39 is 0 Å². The molecule has 0 aromatic heterocycles. The number of ether oxygens (including phenoxy) is 1. The maximum Gasteiger partial charge on any atom is 0.267 e. The second-order valence-corrected chi connectivity index (χ2v) is 5.87. The monoisotopic (exact) mass is 305 g/mol. The number of benzene rings is 1. The second kappa shape index (κ2) is 6.80. The Morgan fingerprint density at radius 1 is 1.14 bits per heavy atom. The van der Waals surface area contributed by atoms with Crippen LogP contribution in [0.15, 0.2) is 29.2 Å². The van der Waals surface area contributed by atoms with Gasteiger partial charge in [0.1, 0.15) is 5.75 Å². The van der Waals surface area contributed by atoms with Gasteiger partial charge < -0.3 is 4.74 Å². The zero-order valence-corrected chi connectivity index (χ0v) is 13.3. The smallest absolute Gasteiger partial charge is 0.267 e. The topological polar surface area (TPSA) is 46.6 Å². The molecule has 2 amide bonds. The van der Waals surface area contributed by atoms with Crippen molar-refractivity contribution in [2.24, 2.45) is 0 Å². The highest BCUT2D eigenvalue weighted by Crippen LogP contribution is 2.39. The van der Waals surface area contributed by atoms with Gasteiger partial charge in [0.05, 0.1) is 17.6 Å². The van der Waals surface area contributed by atoms with E-state index in [2.05, 4.69) is 0 Å². The summed E-state index contributed by atoms with van der Waals surface area (Å²) in [4.78, 5) is 27.0. The first-order valence-corrected chi connectivity index (χ1v) is 8.00. The van der Waals surface area contributed by atoms with Crippen LogP contribution in [0.1, 0.15) is 25.8 Å². The fourth-order valence-corrected chi connectivity index (χ4v) is 3.21. The number of methoxy groups -OCH3 is 1. The van der Waals surface area contributed by atoms with Gasteiger partial charge in [-0.2, -0.15) is 0 Å². The van der Waals surface area contributed by atoms with Gasteiger partial charge in [-0.25, -0.2) is 0 Å². The van der Waals surface area contributed by atoms with Crippen molar-refractivity contribution < 1.29 is 14.3 Å². The molecule has 112 valence electrons. The van der Waals surface area contributed by atoms with Crippen LogP contribution in [0.5, 0.6) is 5.75 Å². The van der Waals surface area contributed by atoms with Gasteiger partial charge in [0.25, 0.3) is 11.8 Å². The minimum Gasteiger partial charge on any atom is -0.496 e. The molecule has 0 saturated heterocycles. The van der Waals surface area contributed by atoms with E-state index in [0.29, 0.717) is 28.3 Å². The van der Waals surface area contributed by atoms with Crippen LogP contribution in [0.4, 0.5) is 0 Å². The summed E-state index contributed by atoms with van der Waals surface area (Å²) in [6, 6.07) is 7.32. The van der Waals surface area contributed by atoms with Crippen molar-refractivity contribution in [1.82, 2.24) is 4.90 Å². The zero-order valence-electron chi connectivity index (χ0n) is 12.5. The van der Waals surface area contributed by atoms with E-state index >= 15 is 0 Å². The van der Waals surface area contributed by atoms with Gasteiger partial charge in [-0.05, 0) is 18.2 Å². The Labute approximate surface area is 129 Å². The van der Waals surface area contributed by atoms with Crippen LogP contribution in [-0.2, 0) is 9.59 Å². The summed E-state index contributed by atoms with van der Waals surface area (Å²) < 4.78 is 5.34. The van der Waals surface area contributed by atoms with Crippen molar-refractivity contribution >= 4 is 29.1 Å². The molecule has 0 bridgehead atoms. The molecule has 0 radical (unpaired) electrons. The largest absolute Gasteiger partial charge is 0.496 e. The number of hydrogen-bond donors (Lipinski definition) is 0. The van der Waals surface area contributed by atoms with E-state index in [1.54, 1.807) is 13.2 Å². The molecule has 1 heterocycles. The summed E-state index contributed by atoms with van der Waals surface area (Å²) in [5.74, 6) is 0.950. The third kappa shape index (κ3) is 2.83. The summed E-state index contributed by atoms with van der Waals surface area (Å²) >= 11 is 1.41. The molecule has 0 saturated carbocycles. The molecule has 1 aromatic rings. The predicted molar refractivity (Wildman–Crippen MR) is 85.1 cm³/mol. The number of carbonyl (C=O) groups excluding carboxylic acids is 2. The van der Waals surface area contributed by atoms with Crippen LogP contribution >= 0.6 is 11.8 Å². The van der Waals surface area contributed by atoms with E-state index in [9.17, 15) is 9.59 Å². The highest BCUT2D eigenvalue weighted by molar-refractivity contribution is 8.04. The van der Waals surface area contributed by atoms with Crippen molar-refractivity contribution in [3.05, 3.63) is 34.7 Å². The predicted octanol–water partition coefficient (Wildman–Crippen LogP) is 2.94. The van der Waals surface area contributed by atoms with Crippen LogP contribution in [0.2, 0.25) is 0 Å². The highest BCUT2D eigenvalue weighted by Gasteiger charge is 2.39. The third-order valence-corrected chi connectivity index (χ3v) is 4.19. The molecule has 0 atom stereocenters. The van der Waals surface area contributed by atoms with Crippen molar-refractivity contribution in [1.29, 1.82) is 0 Å². The molecule has 4 nitrogen and oxygen atoms in total. The first-order chi connectivity index (χ1) is 10.2. The summed E-state index contributed by atoms with van der Waals surface area (Å²) in [5.41, 5.74) is 1.16. The van der Waals surface area contributed by atoms with Crippen LogP contribution < -0.4 is 4.74 Å². The lowest BCUT2D eigenvalue weighted by atomic mass is 10.1. The van der Waals surface area contributed by atoms with Gasteiger partial charge in [-0.15, -0.1) is 11.8 Å². The van der Waals surface area contributed by atoms with Crippen LogP contribution in [-0.4, -0.2) is 36.1 Å². The number of nitrogens with zero attached hydrogens (tertiary/aromatic N) is 1. The fraction of sp³-hybridized carbons (Fsp3) is 0.375. The number of thioether (sulfide) groups is 1. The molecular weight excluding hydrogens is 286 g/mol. The quantitative estimate of drug-likeness (QED) is 0.758. The Bertz CT molecular complexity index is 595. The van der Waals surface area contributed by atoms with Crippen LogP contribution in [0, 0.1) is 0 Å². The number of amides is 2. The Morgan fingerprint density at radius 3 is 2.48 bits per heavy atom. The average molecular weight is 305 g/mol. The van der Waals surface area contributed by atoms with Gasteiger partial charge in [0.15, 0.2) is 0 Å². The lowest BCUT2D eigenvalue weighted by Crippen LogP contribution is -2.32. The van der Waals surface area contributed by atoms with E-state index in [4.69, 9.17) is 4.74 Å². The van der Waals surface area contributed by atoms with Gasteiger partial charge in [0, 0.05) is 12.1 Å². The molecule has 0 N–H and O–H groups in total. The van der Waals surface area contributed by atoms with Crippen LogP contribution in [0.3, 0.4) is 0 Å². The molecule has 1 aliphatic rings. The standard InChI is InChI=1S/C16H19NO3S/c1-4-10-17-15(18)13(14(16(17)19)21-5-2)11-8-6-7-9-12(11)20-3/h6-9H,4-5,10H2,1-3H3. The normalized spacial score (nSPS) is 15.1. The van der Waals surface area contributed by atoms with Gasteiger partial charge in [-0.1, -0.05) is 32.0 Å². The molecule has 0 aliphatic carbocycles. The maximum atomic E-state index is 12.6. The molecule has 0 unspecified atom stereocenters. The molecule has 0 spiro atoms. The molecular formula is C16H19NO3S. The van der Waals surface area contributed by atoms with E-state index in [0.717, 1.165) is 12.2 Å². The summed E-state index contributed by atoms with van der Waals surface area (Å²) in [6.07, 6.45) is 0.751. The molecule has 5 heteroatoms. The molecule has 1 aliphatic heterocycles. The molecule has 2 rings (SSSR count). The maximum absolute atomic E-state index is 12.6. The number of carbonyl (C=O) groups is 2. The zero-order chi connectivity index (χ0) is 15.4. The summed E-state index contributed by atoms with van der Waals surface area (Å²) in [5, 5.41) is 0. The molecule has 0 fully saturated rings. The minimum atomic E-state index is -0.220. The Morgan fingerprint density at radius 2 is 1.86 bits per heavy atom. The van der Waals surface area contributed by atoms with E-state index in [1.807, 2.05) is 32.0 Å². The van der Waals surface area contributed by atoms with E-state index in [1.165, 1.54) is 16.7 Å². The molecule has 1 aromatic carbocycles. The molecule has 21 heavy (non-hydrogen) atoms. The van der Waals surface area contributed by atoms with Crippen molar-refractivity contribution in [3.8, 4) is 5.75 Å². The second-order valence-electron chi connectivity index (χ2n) is 4.60. The first-order valence-electron chi connectivity index (χ1n) is 7.02. The van der Waals surface area contributed by atoms with Crippen molar-refractivity contribution in [2.45, 2.75) is 20.3 Å². The number of imide groups is 1. The summed E-state index contributed by atoms with van der Waals surface area (Å²) in [7, 11) is 1.57. The SMILES string of the molecule is CCCN1C(=O)C(SCC)=C(c2ccccc2OC)C1=O. The average Bonchev–Trinajstić information content (AvgIpc) is 2.73. The first kappa shape index (κ1) is 15.6. The number of para-hydroxylation sites is 1. The number of rotatable bonds is 6. The highest BCUT2D eigenvalue weighted by atomic mass is 32.2.